The minimum atomic E-state index is -0.259. The van der Waals surface area contributed by atoms with E-state index in [1.165, 1.54) is 0 Å². The first-order valence-corrected chi connectivity index (χ1v) is 8.08. The highest BCUT2D eigenvalue weighted by Gasteiger charge is 2.24. The molecule has 128 valence electrons. The van der Waals surface area contributed by atoms with Gasteiger partial charge in [-0.15, -0.1) is 0 Å². The molecule has 1 N–H and O–H groups in total. The van der Waals surface area contributed by atoms with Crippen LogP contribution in [0.5, 0.6) is 0 Å². The van der Waals surface area contributed by atoms with E-state index in [0.717, 1.165) is 11.1 Å². The number of halogens is 1. The summed E-state index contributed by atoms with van der Waals surface area (Å²) >= 11 is 5.99. The number of nitrogens with zero attached hydrogens (tertiary/aromatic N) is 2. The second-order valence-corrected chi connectivity index (χ2v) is 6.09. The Morgan fingerprint density at radius 2 is 2.00 bits per heavy atom. The standard InChI is InChI=1S/C18H22ClN3O2/c1-13(12-24-3)21-18(23)22(2)17(15-5-4-10-20-11-15)14-6-8-16(19)9-7-14/h4-11,13,17H,12H2,1-3H3,(H,21,23)/t13-,17-/m1/s1. The summed E-state index contributed by atoms with van der Waals surface area (Å²) in [7, 11) is 3.37. The zero-order valence-electron chi connectivity index (χ0n) is 14.1. The molecule has 24 heavy (non-hydrogen) atoms. The summed E-state index contributed by atoms with van der Waals surface area (Å²) in [6.07, 6.45) is 3.48. The highest BCUT2D eigenvalue weighted by atomic mass is 35.5. The summed E-state index contributed by atoms with van der Waals surface area (Å²) in [6, 6.07) is 10.8. The minimum Gasteiger partial charge on any atom is -0.383 e. The molecule has 0 saturated carbocycles. The lowest BCUT2D eigenvalue weighted by Crippen LogP contribution is -2.45. The molecule has 1 aromatic carbocycles. The van der Waals surface area contributed by atoms with Crippen molar-refractivity contribution >= 4 is 17.6 Å². The molecule has 2 atom stereocenters. The van der Waals surface area contributed by atoms with Crippen LogP contribution < -0.4 is 5.32 Å². The van der Waals surface area contributed by atoms with Crippen molar-refractivity contribution < 1.29 is 9.53 Å². The first-order valence-electron chi connectivity index (χ1n) is 7.70. The molecule has 6 heteroatoms. The smallest absolute Gasteiger partial charge is 0.318 e. The highest BCUT2D eigenvalue weighted by Crippen LogP contribution is 2.28. The van der Waals surface area contributed by atoms with E-state index in [2.05, 4.69) is 10.3 Å². The molecule has 0 saturated heterocycles. The van der Waals surface area contributed by atoms with Gasteiger partial charge in [-0.3, -0.25) is 4.98 Å². The highest BCUT2D eigenvalue weighted by molar-refractivity contribution is 6.30. The number of urea groups is 1. The third-order valence-corrected chi connectivity index (χ3v) is 3.93. The lowest BCUT2D eigenvalue weighted by molar-refractivity contribution is 0.159. The average Bonchev–Trinajstić information content (AvgIpc) is 2.58. The number of carbonyl (C=O) groups is 1. The normalized spacial score (nSPS) is 13.2. The quantitative estimate of drug-likeness (QED) is 0.870. The van der Waals surface area contributed by atoms with Crippen molar-refractivity contribution in [3.63, 3.8) is 0 Å². The average molecular weight is 348 g/mol. The second kappa shape index (κ2) is 8.66. The first kappa shape index (κ1) is 18.2. The molecule has 0 fully saturated rings. The van der Waals surface area contributed by atoms with Crippen molar-refractivity contribution in [3.05, 3.63) is 64.9 Å². The van der Waals surface area contributed by atoms with Gasteiger partial charge in [0.15, 0.2) is 0 Å². The monoisotopic (exact) mass is 347 g/mol. The second-order valence-electron chi connectivity index (χ2n) is 5.66. The molecule has 2 rings (SSSR count). The number of amides is 2. The molecule has 0 spiro atoms. The zero-order valence-corrected chi connectivity index (χ0v) is 14.8. The summed E-state index contributed by atoms with van der Waals surface area (Å²) in [6.45, 7) is 2.36. The van der Waals surface area contributed by atoms with E-state index >= 15 is 0 Å². The van der Waals surface area contributed by atoms with E-state index in [1.807, 2.05) is 43.3 Å². The van der Waals surface area contributed by atoms with E-state index in [4.69, 9.17) is 16.3 Å². The molecule has 1 aromatic heterocycles. The van der Waals surface area contributed by atoms with Gasteiger partial charge in [0.25, 0.3) is 0 Å². The third kappa shape index (κ3) is 4.69. The number of benzene rings is 1. The van der Waals surface area contributed by atoms with E-state index in [0.29, 0.717) is 11.6 Å². The Kier molecular flexibility index (Phi) is 6.58. The van der Waals surface area contributed by atoms with Crippen LogP contribution in [0.4, 0.5) is 4.79 Å². The van der Waals surface area contributed by atoms with E-state index in [9.17, 15) is 4.79 Å². The van der Waals surface area contributed by atoms with Crippen LogP contribution in [0.25, 0.3) is 0 Å². The molecule has 0 bridgehead atoms. The summed E-state index contributed by atoms with van der Waals surface area (Å²) in [5.41, 5.74) is 1.89. The van der Waals surface area contributed by atoms with Crippen LogP contribution in [-0.2, 0) is 4.74 Å². The Morgan fingerprint density at radius 1 is 1.29 bits per heavy atom. The van der Waals surface area contributed by atoms with Crippen molar-refractivity contribution in [1.82, 2.24) is 15.2 Å². The molecule has 0 aliphatic heterocycles. The topological polar surface area (TPSA) is 54.5 Å². The number of methoxy groups -OCH3 is 1. The summed E-state index contributed by atoms with van der Waals surface area (Å²) in [5.74, 6) is 0. The van der Waals surface area contributed by atoms with Gasteiger partial charge < -0.3 is 15.0 Å². The molecule has 0 aliphatic rings. The van der Waals surface area contributed by atoms with Crippen LogP contribution >= 0.6 is 11.6 Å². The van der Waals surface area contributed by atoms with Crippen molar-refractivity contribution in [1.29, 1.82) is 0 Å². The van der Waals surface area contributed by atoms with Crippen LogP contribution in [0, 0.1) is 0 Å². The van der Waals surface area contributed by atoms with Crippen LogP contribution in [0.1, 0.15) is 24.1 Å². The predicted octanol–water partition coefficient (Wildman–Crippen LogP) is 3.50. The Hall–Kier alpha value is -2.11. The van der Waals surface area contributed by atoms with Gasteiger partial charge in [-0.1, -0.05) is 29.8 Å². The summed E-state index contributed by atoms with van der Waals surface area (Å²) < 4.78 is 5.07. The minimum absolute atomic E-state index is 0.0790. The zero-order chi connectivity index (χ0) is 17.5. The Bertz CT molecular complexity index is 649. The van der Waals surface area contributed by atoms with Crippen LogP contribution in [0.2, 0.25) is 5.02 Å². The van der Waals surface area contributed by atoms with Crippen molar-refractivity contribution in [2.75, 3.05) is 20.8 Å². The van der Waals surface area contributed by atoms with Gasteiger partial charge in [-0.05, 0) is 36.2 Å². The van der Waals surface area contributed by atoms with Gasteiger partial charge in [0, 0.05) is 31.6 Å². The maximum absolute atomic E-state index is 12.6. The van der Waals surface area contributed by atoms with Gasteiger partial charge in [-0.2, -0.15) is 0 Å². The van der Waals surface area contributed by atoms with E-state index < -0.39 is 0 Å². The lowest BCUT2D eigenvalue weighted by atomic mass is 9.99. The first-order chi connectivity index (χ1) is 11.5. The van der Waals surface area contributed by atoms with E-state index in [1.54, 1.807) is 31.5 Å². The number of hydrogen-bond donors (Lipinski definition) is 1. The third-order valence-electron chi connectivity index (χ3n) is 3.68. The molecular weight excluding hydrogens is 326 g/mol. The summed E-state index contributed by atoms with van der Waals surface area (Å²) in [4.78, 5) is 18.4. The predicted molar refractivity (Wildman–Crippen MR) is 95.2 cm³/mol. The van der Waals surface area contributed by atoms with Crippen molar-refractivity contribution in [2.24, 2.45) is 0 Å². The molecule has 0 unspecified atom stereocenters. The van der Waals surface area contributed by atoms with Crippen molar-refractivity contribution in [3.8, 4) is 0 Å². The number of pyridine rings is 1. The van der Waals surface area contributed by atoms with Crippen LogP contribution in [-0.4, -0.2) is 42.7 Å². The van der Waals surface area contributed by atoms with Crippen LogP contribution in [0.3, 0.4) is 0 Å². The lowest BCUT2D eigenvalue weighted by Gasteiger charge is -2.30. The van der Waals surface area contributed by atoms with Crippen LogP contribution in [0.15, 0.2) is 48.8 Å². The number of carbonyl (C=O) groups excluding carboxylic acids is 1. The molecule has 2 amide bonds. The van der Waals surface area contributed by atoms with Gasteiger partial charge in [-0.25, -0.2) is 4.79 Å². The van der Waals surface area contributed by atoms with Gasteiger partial charge >= 0.3 is 6.03 Å². The fourth-order valence-electron chi connectivity index (χ4n) is 2.54. The molecule has 2 aromatic rings. The maximum Gasteiger partial charge on any atom is 0.318 e. The Balaban J connectivity index is 2.28. The molecule has 0 radical (unpaired) electrons. The fraction of sp³-hybridized carbons (Fsp3) is 0.333. The fourth-order valence-corrected chi connectivity index (χ4v) is 2.67. The molecule has 5 nitrogen and oxygen atoms in total. The number of nitrogens with one attached hydrogen (secondary N) is 1. The van der Waals surface area contributed by atoms with Crippen molar-refractivity contribution in [2.45, 2.75) is 19.0 Å². The molecule has 0 aliphatic carbocycles. The molecule has 1 heterocycles. The van der Waals surface area contributed by atoms with Gasteiger partial charge in [0.05, 0.1) is 18.7 Å². The Morgan fingerprint density at radius 3 is 2.58 bits per heavy atom. The summed E-state index contributed by atoms with van der Waals surface area (Å²) in [5, 5.41) is 3.58. The number of aromatic nitrogens is 1. The largest absolute Gasteiger partial charge is 0.383 e. The number of ether oxygens (including phenoxy) is 1. The SMILES string of the molecule is COC[C@@H](C)NC(=O)N(C)[C@H](c1ccc(Cl)cc1)c1cccnc1. The number of hydrogen-bond acceptors (Lipinski definition) is 3. The number of rotatable bonds is 6. The van der Waals surface area contributed by atoms with Gasteiger partial charge in [0.2, 0.25) is 0 Å². The van der Waals surface area contributed by atoms with E-state index in [-0.39, 0.29) is 18.1 Å². The van der Waals surface area contributed by atoms with Gasteiger partial charge in [0.1, 0.15) is 0 Å². The Labute approximate surface area is 147 Å². The maximum atomic E-state index is 12.6. The molecular formula is C18H22ClN3O2.